The standard InChI is InChI=1S/C13H18Cl3NO3/c1-5-12(4,8-6-7-9(2)3)20-11(19)17-10(18)13(14,15)16/h5,7H,1,6,8H2,2-4H3,(H,17,18,19). The third kappa shape index (κ3) is 7.78. The van der Waals surface area contributed by atoms with Gasteiger partial charge in [-0.15, -0.1) is 0 Å². The first-order chi connectivity index (χ1) is 9.00. The molecule has 0 fully saturated rings. The fraction of sp³-hybridized carbons (Fsp3) is 0.538. The van der Waals surface area contributed by atoms with Crippen molar-refractivity contribution in [3.8, 4) is 0 Å². The van der Waals surface area contributed by atoms with E-state index in [1.165, 1.54) is 6.08 Å². The van der Waals surface area contributed by atoms with Gasteiger partial charge < -0.3 is 4.74 Å². The zero-order valence-corrected chi connectivity index (χ0v) is 13.9. The summed E-state index contributed by atoms with van der Waals surface area (Å²) in [6.45, 7) is 9.24. The molecular formula is C13H18Cl3NO3. The molecule has 1 N–H and O–H groups in total. The van der Waals surface area contributed by atoms with E-state index in [1.54, 1.807) is 6.92 Å². The van der Waals surface area contributed by atoms with Crippen molar-refractivity contribution in [2.24, 2.45) is 0 Å². The predicted molar refractivity (Wildman–Crippen MR) is 82.2 cm³/mol. The molecule has 7 heteroatoms. The highest BCUT2D eigenvalue weighted by atomic mass is 35.6. The molecule has 0 heterocycles. The zero-order chi connectivity index (χ0) is 16.0. The van der Waals surface area contributed by atoms with Crippen molar-refractivity contribution < 1.29 is 14.3 Å². The van der Waals surface area contributed by atoms with E-state index in [0.717, 1.165) is 5.57 Å². The highest BCUT2D eigenvalue weighted by Crippen LogP contribution is 2.26. The number of halogens is 3. The summed E-state index contributed by atoms with van der Waals surface area (Å²) in [5.74, 6) is -1.07. The Balaban J connectivity index is 4.55. The number of alkyl halides is 3. The monoisotopic (exact) mass is 341 g/mol. The topological polar surface area (TPSA) is 55.4 Å². The Bertz CT molecular complexity index is 412. The SMILES string of the molecule is C=CC(C)(CCC=C(C)C)OC(=O)NC(=O)C(Cl)(Cl)Cl. The second-order valence-electron chi connectivity index (χ2n) is 4.68. The predicted octanol–water partition coefficient (Wildman–Crippen LogP) is 4.30. The summed E-state index contributed by atoms with van der Waals surface area (Å²) in [7, 11) is 0. The third-order valence-corrected chi connectivity index (χ3v) is 2.94. The number of carbonyl (C=O) groups excluding carboxylic acids is 2. The number of amides is 2. The van der Waals surface area contributed by atoms with Gasteiger partial charge in [0.25, 0.3) is 9.70 Å². The van der Waals surface area contributed by atoms with Crippen LogP contribution in [-0.2, 0) is 9.53 Å². The minimum Gasteiger partial charge on any atom is -0.439 e. The molecule has 1 atom stereocenters. The number of nitrogens with one attached hydrogen (secondary N) is 1. The van der Waals surface area contributed by atoms with Crippen LogP contribution < -0.4 is 5.32 Å². The van der Waals surface area contributed by atoms with Gasteiger partial charge in [-0.05, 0) is 39.7 Å². The summed E-state index contributed by atoms with van der Waals surface area (Å²) in [5.41, 5.74) is 0.247. The summed E-state index contributed by atoms with van der Waals surface area (Å²) in [6, 6.07) is 0. The third-order valence-electron chi connectivity index (χ3n) is 2.42. The van der Waals surface area contributed by atoms with E-state index in [1.807, 2.05) is 25.2 Å². The number of alkyl carbamates (subject to hydrolysis) is 1. The molecule has 0 aliphatic rings. The van der Waals surface area contributed by atoms with Crippen LogP contribution in [0.1, 0.15) is 33.6 Å². The van der Waals surface area contributed by atoms with Crippen molar-refractivity contribution in [1.29, 1.82) is 0 Å². The van der Waals surface area contributed by atoms with E-state index in [2.05, 4.69) is 6.58 Å². The van der Waals surface area contributed by atoms with Crippen LogP contribution in [0.4, 0.5) is 4.79 Å². The molecule has 0 aliphatic carbocycles. The molecule has 114 valence electrons. The minimum absolute atomic E-state index is 0.525. The van der Waals surface area contributed by atoms with Gasteiger partial charge in [0, 0.05) is 0 Å². The molecule has 0 bridgehead atoms. The fourth-order valence-corrected chi connectivity index (χ4v) is 1.38. The Hall–Kier alpha value is -0.710. The second-order valence-corrected chi connectivity index (χ2v) is 6.96. The summed E-state index contributed by atoms with van der Waals surface area (Å²) < 4.78 is 2.92. The van der Waals surface area contributed by atoms with E-state index in [0.29, 0.717) is 12.8 Å². The fourth-order valence-electron chi connectivity index (χ4n) is 1.24. The lowest BCUT2D eigenvalue weighted by Crippen LogP contribution is -2.42. The molecule has 0 spiro atoms. The lowest BCUT2D eigenvalue weighted by atomic mass is 9.99. The van der Waals surface area contributed by atoms with Gasteiger partial charge >= 0.3 is 6.09 Å². The van der Waals surface area contributed by atoms with E-state index in [4.69, 9.17) is 39.5 Å². The van der Waals surface area contributed by atoms with Gasteiger partial charge in [-0.2, -0.15) is 0 Å². The van der Waals surface area contributed by atoms with E-state index < -0.39 is 21.4 Å². The number of hydrogen-bond acceptors (Lipinski definition) is 3. The Kier molecular flexibility index (Phi) is 7.63. The summed E-state index contributed by atoms with van der Waals surface area (Å²) in [6.07, 6.45) is 3.75. The molecule has 0 saturated carbocycles. The Labute approximate surface area is 134 Å². The average molecular weight is 343 g/mol. The largest absolute Gasteiger partial charge is 0.439 e. The summed E-state index contributed by atoms with van der Waals surface area (Å²) in [4.78, 5) is 22.9. The van der Waals surface area contributed by atoms with Crippen LogP contribution in [0.5, 0.6) is 0 Å². The van der Waals surface area contributed by atoms with Crippen molar-refractivity contribution in [3.05, 3.63) is 24.3 Å². The lowest BCUT2D eigenvalue weighted by Gasteiger charge is -2.25. The summed E-state index contributed by atoms with van der Waals surface area (Å²) >= 11 is 16.0. The maximum atomic E-state index is 11.6. The molecule has 1 unspecified atom stereocenters. The van der Waals surface area contributed by atoms with Gasteiger partial charge in [0.2, 0.25) is 0 Å². The maximum Gasteiger partial charge on any atom is 0.414 e. The van der Waals surface area contributed by atoms with E-state index in [-0.39, 0.29) is 0 Å². The number of carbonyl (C=O) groups is 2. The van der Waals surface area contributed by atoms with Crippen LogP contribution in [0.2, 0.25) is 0 Å². The van der Waals surface area contributed by atoms with Gasteiger partial charge in [0.15, 0.2) is 0 Å². The van der Waals surface area contributed by atoms with Gasteiger partial charge in [-0.1, -0.05) is 53.0 Å². The second kappa shape index (κ2) is 7.91. The first kappa shape index (κ1) is 19.3. The molecule has 0 aliphatic heterocycles. The first-order valence-electron chi connectivity index (χ1n) is 5.88. The van der Waals surface area contributed by atoms with Crippen LogP contribution in [0, 0.1) is 0 Å². The lowest BCUT2D eigenvalue weighted by molar-refractivity contribution is -0.119. The molecule has 0 aromatic heterocycles. The van der Waals surface area contributed by atoms with Crippen LogP contribution >= 0.6 is 34.8 Å². The van der Waals surface area contributed by atoms with Gasteiger partial charge in [-0.25, -0.2) is 4.79 Å². The molecule has 0 rings (SSSR count). The minimum atomic E-state index is -2.22. The van der Waals surface area contributed by atoms with Gasteiger partial charge in [0.05, 0.1) is 0 Å². The molecule has 4 nitrogen and oxygen atoms in total. The highest BCUT2D eigenvalue weighted by Gasteiger charge is 2.34. The molecule has 0 radical (unpaired) electrons. The van der Waals surface area contributed by atoms with Crippen molar-refractivity contribution in [3.63, 3.8) is 0 Å². The van der Waals surface area contributed by atoms with Crippen LogP contribution in [0.3, 0.4) is 0 Å². The van der Waals surface area contributed by atoms with E-state index in [9.17, 15) is 9.59 Å². The van der Waals surface area contributed by atoms with Crippen molar-refractivity contribution >= 4 is 46.8 Å². The quantitative estimate of drug-likeness (QED) is 0.598. The Morgan fingerprint density at radius 2 is 1.85 bits per heavy atom. The normalized spacial score (nSPS) is 13.9. The van der Waals surface area contributed by atoms with Crippen LogP contribution in [0.15, 0.2) is 24.3 Å². The number of ether oxygens (including phenoxy) is 1. The number of hydrogen-bond donors (Lipinski definition) is 1. The van der Waals surface area contributed by atoms with Crippen molar-refractivity contribution in [1.82, 2.24) is 5.32 Å². The number of imide groups is 1. The van der Waals surface area contributed by atoms with E-state index >= 15 is 0 Å². The Morgan fingerprint density at radius 3 is 2.25 bits per heavy atom. The molecule has 2 amide bonds. The average Bonchev–Trinajstić information content (AvgIpc) is 2.26. The van der Waals surface area contributed by atoms with Gasteiger partial charge in [0.1, 0.15) is 5.60 Å². The molecule has 20 heavy (non-hydrogen) atoms. The first-order valence-corrected chi connectivity index (χ1v) is 7.01. The number of rotatable bonds is 5. The smallest absolute Gasteiger partial charge is 0.414 e. The zero-order valence-electron chi connectivity index (χ0n) is 11.6. The van der Waals surface area contributed by atoms with Crippen LogP contribution in [-0.4, -0.2) is 21.4 Å². The highest BCUT2D eigenvalue weighted by molar-refractivity contribution is 6.76. The maximum absolute atomic E-state index is 11.6. The molecule has 0 aromatic rings. The molecule has 0 aromatic carbocycles. The van der Waals surface area contributed by atoms with Crippen molar-refractivity contribution in [2.75, 3.05) is 0 Å². The molecular weight excluding hydrogens is 325 g/mol. The summed E-state index contributed by atoms with van der Waals surface area (Å²) in [5, 5.41) is 1.85. The van der Waals surface area contributed by atoms with Crippen molar-refractivity contribution in [2.45, 2.75) is 43.0 Å². The van der Waals surface area contributed by atoms with Crippen LogP contribution in [0.25, 0.3) is 0 Å². The molecule has 0 saturated heterocycles. The Morgan fingerprint density at radius 1 is 1.30 bits per heavy atom. The van der Waals surface area contributed by atoms with Gasteiger partial charge in [-0.3, -0.25) is 10.1 Å². The number of allylic oxidation sites excluding steroid dienone is 2.